The van der Waals surface area contributed by atoms with Crippen LogP contribution in [0.15, 0.2) is 30.3 Å². The van der Waals surface area contributed by atoms with Gasteiger partial charge in [0.25, 0.3) is 0 Å². The number of amides is 1. The van der Waals surface area contributed by atoms with E-state index in [1.165, 1.54) is 5.56 Å². The molecule has 1 saturated carbocycles. The molecule has 2 fully saturated rings. The lowest BCUT2D eigenvalue weighted by atomic mass is 10.1. The number of hydrogen-bond donors (Lipinski definition) is 2. The summed E-state index contributed by atoms with van der Waals surface area (Å²) < 4.78 is 0. The zero-order valence-electron chi connectivity index (χ0n) is 14.5. The van der Waals surface area contributed by atoms with Gasteiger partial charge in [-0.3, -0.25) is 14.6 Å². The van der Waals surface area contributed by atoms with E-state index in [9.17, 15) is 4.79 Å². The van der Waals surface area contributed by atoms with Crippen LogP contribution in [-0.4, -0.2) is 61.0 Å². The lowest BCUT2D eigenvalue weighted by Gasteiger charge is -2.34. The molecule has 3 N–H and O–H groups in total. The highest BCUT2D eigenvalue weighted by atomic mass is 16.1. The molecule has 1 saturated heterocycles. The third-order valence-corrected chi connectivity index (χ3v) is 5.29. The summed E-state index contributed by atoms with van der Waals surface area (Å²) >= 11 is 0. The molecule has 1 heterocycles. The molecule has 132 valence electrons. The van der Waals surface area contributed by atoms with Crippen molar-refractivity contribution in [3.05, 3.63) is 35.9 Å². The topological polar surface area (TPSA) is 61.6 Å². The number of piperazine rings is 1. The van der Waals surface area contributed by atoms with E-state index in [-0.39, 0.29) is 17.9 Å². The van der Waals surface area contributed by atoms with Crippen LogP contribution in [0.25, 0.3) is 0 Å². The molecule has 3 rings (SSSR count). The second kappa shape index (κ2) is 8.60. The average molecular weight is 330 g/mol. The molecule has 2 atom stereocenters. The second-order valence-electron chi connectivity index (χ2n) is 7.16. The highest BCUT2D eigenvalue weighted by molar-refractivity contribution is 5.78. The molecule has 5 nitrogen and oxygen atoms in total. The number of hydrogen-bond acceptors (Lipinski definition) is 4. The molecule has 0 aromatic heterocycles. The van der Waals surface area contributed by atoms with Crippen LogP contribution in [-0.2, 0) is 11.3 Å². The monoisotopic (exact) mass is 330 g/mol. The molecule has 5 heteroatoms. The zero-order valence-corrected chi connectivity index (χ0v) is 14.5. The van der Waals surface area contributed by atoms with Gasteiger partial charge in [0, 0.05) is 57.8 Å². The van der Waals surface area contributed by atoms with E-state index in [4.69, 9.17) is 5.73 Å². The van der Waals surface area contributed by atoms with Gasteiger partial charge < -0.3 is 11.1 Å². The van der Waals surface area contributed by atoms with Crippen molar-refractivity contribution in [1.29, 1.82) is 0 Å². The van der Waals surface area contributed by atoms with Crippen molar-refractivity contribution >= 4 is 5.91 Å². The van der Waals surface area contributed by atoms with Gasteiger partial charge in [-0.25, -0.2) is 0 Å². The molecule has 1 amide bonds. The number of carbonyl (C=O) groups excluding carboxylic acids is 1. The number of nitrogens with one attached hydrogen (secondary N) is 1. The number of rotatable bonds is 6. The van der Waals surface area contributed by atoms with Gasteiger partial charge in [-0.15, -0.1) is 0 Å². The fraction of sp³-hybridized carbons (Fsp3) is 0.632. The Kier molecular flexibility index (Phi) is 6.24. The average Bonchev–Trinajstić information content (AvgIpc) is 3.04. The standard InChI is InChI=1S/C19H30N4O/c20-18-7-6-17(14-18)19(24)21-8-9-22-10-12-23(13-11-22)15-16-4-2-1-3-5-16/h1-5,17-18H,6-15,20H2,(H,21,24). The van der Waals surface area contributed by atoms with Crippen LogP contribution < -0.4 is 11.1 Å². The maximum Gasteiger partial charge on any atom is 0.223 e. The zero-order chi connectivity index (χ0) is 16.8. The van der Waals surface area contributed by atoms with Gasteiger partial charge in [0.1, 0.15) is 0 Å². The number of nitrogens with two attached hydrogens (primary N) is 1. The van der Waals surface area contributed by atoms with Gasteiger partial charge in [0.2, 0.25) is 5.91 Å². The van der Waals surface area contributed by atoms with E-state index in [0.717, 1.165) is 65.1 Å². The maximum absolute atomic E-state index is 12.1. The Morgan fingerprint density at radius 2 is 1.79 bits per heavy atom. The molecular formula is C19H30N4O. The smallest absolute Gasteiger partial charge is 0.223 e. The van der Waals surface area contributed by atoms with E-state index >= 15 is 0 Å². The summed E-state index contributed by atoms with van der Waals surface area (Å²) in [6, 6.07) is 10.9. The normalized spacial score (nSPS) is 25.7. The minimum Gasteiger partial charge on any atom is -0.355 e. The van der Waals surface area contributed by atoms with Gasteiger partial charge in [-0.2, -0.15) is 0 Å². The van der Waals surface area contributed by atoms with Gasteiger partial charge in [-0.1, -0.05) is 30.3 Å². The number of carbonyl (C=O) groups is 1. The van der Waals surface area contributed by atoms with E-state index in [1.54, 1.807) is 0 Å². The Balaban J connectivity index is 1.30. The van der Waals surface area contributed by atoms with E-state index < -0.39 is 0 Å². The van der Waals surface area contributed by atoms with Crippen LogP contribution in [0.5, 0.6) is 0 Å². The first kappa shape index (κ1) is 17.4. The third kappa shape index (κ3) is 5.03. The van der Waals surface area contributed by atoms with Gasteiger partial charge in [0.15, 0.2) is 0 Å². The molecule has 1 aliphatic carbocycles. The summed E-state index contributed by atoms with van der Waals surface area (Å²) in [6.07, 6.45) is 2.79. The summed E-state index contributed by atoms with van der Waals surface area (Å²) in [5, 5.41) is 3.09. The van der Waals surface area contributed by atoms with Crippen LogP contribution in [0.3, 0.4) is 0 Å². The molecule has 2 unspecified atom stereocenters. The number of benzene rings is 1. The third-order valence-electron chi connectivity index (χ3n) is 5.29. The summed E-state index contributed by atoms with van der Waals surface area (Å²) in [4.78, 5) is 17.0. The largest absolute Gasteiger partial charge is 0.355 e. The molecule has 0 spiro atoms. The van der Waals surface area contributed by atoms with Crippen molar-refractivity contribution in [2.45, 2.75) is 31.8 Å². The summed E-state index contributed by atoms with van der Waals surface area (Å²) in [7, 11) is 0. The van der Waals surface area contributed by atoms with E-state index in [0.29, 0.717) is 0 Å². The van der Waals surface area contributed by atoms with Gasteiger partial charge >= 0.3 is 0 Å². The summed E-state index contributed by atoms with van der Waals surface area (Å²) in [5.41, 5.74) is 7.27. The summed E-state index contributed by atoms with van der Waals surface area (Å²) in [5.74, 6) is 0.341. The Bertz CT molecular complexity index is 513. The van der Waals surface area contributed by atoms with Crippen molar-refractivity contribution in [3.8, 4) is 0 Å². The van der Waals surface area contributed by atoms with Crippen LogP contribution in [0.4, 0.5) is 0 Å². The minimum absolute atomic E-state index is 0.141. The highest BCUT2D eigenvalue weighted by Gasteiger charge is 2.27. The highest BCUT2D eigenvalue weighted by Crippen LogP contribution is 2.23. The van der Waals surface area contributed by atoms with Crippen molar-refractivity contribution in [3.63, 3.8) is 0 Å². The van der Waals surface area contributed by atoms with Crippen molar-refractivity contribution in [2.75, 3.05) is 39.3 Å². The Hall–Kier alpha value is -1.43. The van der Waals surface area contributed by atoms with E-state index in [2.05, 4.69) is 45.4 Å². The van der Waals surface area contributed by atoms with Crippen LogP contribution in [0.1, 0.15) is 24.8 Å². The Morgan fingerprint density at radius 1 is 1.08 bits per heavy atom. The second-order valence-corrected chi connectivity index (χ2v) is 7.16. The molecule has 2 aliphatic rings. The molecule has 1 aromatic rings. The predicted octanol–water partition coefficient (Wildman–Crippen LogP) is 1.05. The lowest BCUT2D eigenvalue weighted by Crippen LogP contribution is -2.48. The Morgan fingerprint density at radius 3 is 2.46 bits per heavy atom. The van der Waals surface area contributed by atoms with E-state index in [1.807, 2.05) is 0 Å². The van der Waals surface area contributed by atoms with Crippen molar-refractivity contribution < 1.29 is 4.79 Å². The fourth-order valence-electron chi connectivity index (χ4n) is 3.75. The SMILES string of the molecule is NC1CCC(C(=O)NCCN2CCN(Cc3ccccc3)CC2)C1. The Labute approximate surface area is 145 Å². The van der Waals surface area contributed by atoms with Gasteiger partial charge in [0.05, 0.1) is 0 Å². The quantitative estimate of drug-likeness (QED) is 0.818. The molecule has 1 aromatic carbocycles. The first-order valence-corrected chi connectivity index (χ1v) is 9.22. The minimum atomic E-state index is 0.141. The first-order chi connectivity index (χ1) is 11.7. The predicted molar refractivity (Wildman–Crippen MR) is 96.5 cm³/mol. The van der Waals surface area contributed by atoms with Crippen LogP contribution >= 0.6 is 0 Å². The molecule has 0 bridgehead atoms. The van der Waals surface area contributed by atoms with Crippen molar-refractivity contribution in [2.24, 2.45) is 11.7 Å². The van der Waals surface area contributed by atoms with Gasteiger partial charge in [-0.05, 0) is 24.8 Å². The fourth-order valence-corrected chi connectivity index (χ4v) is 3.75. The molecular weight excluding hydrogens is 300 g/mol. The molecule has 0 radical (unpaired) electrons. The first-order valence-electron chi connectivity index (χ1n) is 9.22. The van der Waals surface area contributed by atoms with Crippen LogP contribution in [0, 0.1) is 5.92 Å². The molecule has 1 aliphatic heterocycles. The number of nitrogens with zero attached hydrogens (tertiary/aromatic N) is 2. The summed E-state index contributed by atoms with van der Waals surface area (Å²) in [6.45, 7) is 7.09. The van der Waals surface area contributed by atoms with Crippen LogP contribution in [0.2, 0.25) is 0 Å². The molecule has 24 heavy (non-hydrogen) atoms. The maximum atomic E-state index is 12.1. The lowest BCUT2D eigenvalue weighted by molar-refractivity contribution is -0.124. The van der Waals surface area contributed by atoms with Crippen molar-refractivity contribution in [1.82, 2.24) is 15.1 Å².